The van der Waals surface area contributed by atoms with Gasteiger partial charge in [-0.15, -0.1) is 0 Å². The highest BCUT2D eigenvalue weighted by molar-refractivity contribution is 7.89. The Bertz CT molecular complexity index is 825. The summed E-state index contributed by atoms with van der Waals surface area (Å²) in [5, 5.41) is 0.454. The molecule has 0 aliphatic heterocycles. The summed E-state index contributed by atoms with van der Waals surface area (Å²) in [6, 6.07) is 6.12. The van der Waals surface area contributed by atoms with E-state index in [0.29, 0.717) is 22.7 Å². The molecular formula is C14H11ClF3NO2S. The van der Waals surface area contributed by atoms with Crippen molar-refractivity contribution in [2.45, 2.75) is 18.4 Å². The minimum Gasteiger partial charge on any atom is -0.207 e. The second kappa shape index (κ2) is 6.28. The predicted molar refractivity (Wildman–Crippen MR) is 76.5 cm³/mol. The summed E-state index contributed by atoms with van der Waals surface area (Å²) in [6.07, 6.45) is 0. The fourth-order valence-corrected chi connectivity index (χ4v) is 3.01. The van der Waals surface area contributed by atoms with Crippen LogP contribution in [0, 0.1) is 24.4 Å². The number of sulfonamides is 1. The van der Waals surface area contributed by atoms with Crippen molar-refractivity contribution in [2.75, 3.05) is 0 Å². The smallest absolute Gasteiger partial charge is 0.207 e. The van der Waals surface area contributed by atoms with Gasteiger partial charge in [-0.25, -0.2) is 26.3 Å². The maximum Gasteiger partial charge on any atom is 0.243 e. The molecule has 0 saturated heterocycles. The third kappa shape index (κ3) is 3.43. The molecule has 0 bridgehead atoms. The largest absolute Gasteiger partial charge is 0.243 e. The van der Waals surface area contributed by atoms with Crippen LogP contribution in [0.2, 0.25) is 5.02 Å². The molecule has 0 aromatic heterocycles. The zero-order valence-electron chi connectivity index (χ0n) is 11.3. The summed E-state index contributed by atoms with van der Waals surface area (Å²) < 4.78 is 65.6. The first-order chi connectivity index (χ1) is 10.2. The van der Waals surface area contributed by atoms with Gasteiger partial charge in [-0.3, -0.25) is 0 Å². The molecule has 0 atom stereocenters. The van der Waals surface area contributed by atoms with Crippen molar-refractivity contribution in [3.63, 3.8) is 0 Å². The van der Waals surface area contributed by atoms with Gasteiger partial charge >= 0.3 is 0 Å². The molecule has 8 heteroatoms. The van der Waals surface area contributed by atoms with Crippen molar-refractivity contribution < 1.29 is 21.6 Å². The third-order valence-corrected chi connectivity index (χ3v) is 4.82. The van der Waals surface area contributed by atoms with E-state index in [1.807, 2.05) is 0 Å². The Morgan fingerprint density at radius 3 is 2.41 bits per heavy atom. The molecule has 2 aromatic carbocycles. The SMILES string of the molecule is Cc1ccc(CNS(=O)(=O)c2ccc(F)c(F)c2F)cc1Cl. The van der Waals surface area contributed by atoms with Crippen LogP contribution < -0.4 is 4.72 Å². The number of benzene rings is 2. The van der Waals surface area contributed by atoms with Gasteiger partial charge in [0, 0.05) is 11.6 Å². The summed E-state index contributed by atoms with van der Waals surface area (Å²) in [6.45, 7) is 1.62. The van der Waals surface area contributed by atoms with E-state index in [-0.39, 0.29) is 6.54 Å². The van der Waals surface area contributed by atoms with Gasteiger partial charge in [-0.2, -0.15) is 0 Å². The molecule has 0 aliphatic carbocycles. The standard InChI is InChI=1S/C14H11ClF3NO2S/c1-8-2-3-9(6-10(8)15)7-19-22(20,21)12-5-4-11(16)13(17)14(12)18/h2-6,19H,7H2,1H3. The zero-order valence-corrected chi connectivity index (χ0v) is 12.9. The lowest BCUT2D eigenvalue weighted by Crippen LogP contribution is -2.24. The molecular weight excluding hydrogens is 339 g/mol. The summed E-state index contributed by atoms with van der Waals surface area (Å²) >= 11 is 5.92. The average molecular weight is 350 g/mol. The Labute approximate surface area is 130 Å². The Hall–Kier alpha value is -1.57. The van der Waals surface area contributed by atoms with Crippen LogP contribution in [-0.4, -0.2) is 8.42 Å². The summed E-state index contributed by atoms with van der Waals surface area (Å²) in [7, 11) is -4.33. The lowest BCUT2D eigenvalue weighted by Gasteiger charge is -2.09. The van der Waals surface area contributed by atoms with Gasteiger partial charge in [0.15, 0.2) is 17.5 Å². The molecule has 118 valence electrons. The van der Waals surface area contributed by atoms with Crippen LogP contribution in [0.1, 0.15) is 11.1 Å². The van der Waals surface area contributed by atoms with Crippen molar-refractivity contribution in [1.29, 1.82) is 0 Å². The van der Waals surface area contributed by atoms with Crippen molar-refractivity contribution in [3.05, 3.63) is 63.9 Å². The van der Waals surface area contributed by atoms with Crippen LogP contribution >= 0.6 is 11.6 Å². The molecule has 0 spiro atoms. The van der Waals surface area contributed by atoms with Crippen molar-refractivity contribution >= 4 is 21.6 Å². The molecule has 0 unspecified atom stereocenters. The number of halogens is 4. The van der Waals surface area contributed by atoms with E-state index >= 15 is 0 Å². The molecule has 1 N–H and O–H groups in total. The van der Waals surface area contributed by atoms with Crippen LogP contribution in [0.25, 0.3) is 0 Å². The van der Waals surface area contributed by atoms with Crippen LogP contribution in [0.15, 0.2) is 35.2 Å². The summed E-state index contributed by atoms with van der Waals surface area (Å²) in [5.41, 5.74) is 1.36. The maximum atomic E-state index is 13.5. The number of nitrogens with one attached hydrogen (secondary N) is 1. The lowest BCUT2D eigenvalue weighted by atomic mass is 10.1. The monoisotopic (exact) mass is 349 g/mol. The van der Waals surface area contributed by atoms with Crippen LogP contribution in [-0.2, 0) is 16.6 Å². The number of aryl methyl sites for hydroxylation is 1. The van der Waals surface area contributed by atoms with E-state index < -0.39 is 32.4 Å². The average Bonchev–Trinajstić information content (AvgIpc) is 2.46. The number of hydrogen-bond donors (Lipinski definition) is 1. The van der Waals surface area contributed by atoms with Gasteiger partial charge in [0.05, 0.1) is 0 Å². The Morgan fingerprint density at radius 1 is 1.09 bits per heavy atom. The highest BCUT2D eigenvalue weighted by Crippen LogP contribution is 2.20. The normalized spacial score (nSPS) is 11.7. The first kappa shape index (κ1) is 16.8. The molecule has 0 aliphatic rings. The topological polar surface area (TPSA) is 46.2 Å². The Kier molecular flexibility index (Phi) is 4.79. The fraction of sp³-hybridized carbons (Fsp3) is 0.143. The molecule has 2 aromatic rings. The third-order valence-electron chi connectivity index (χ3n) is 2.99. The van der Waals surface area contributed by atoms with Gasteiger partial charge < -0.3 is 0 Å². The molecule has 2 rings (SSSR count). The van der Waals surface area contributed by atoms with Crippen molar-refractivity contribution in [2.24, 2.45) is 0 Å². The molecule has 0 amide bonds. The summed E-state index contributed by atoms with van der Waals surface area (Å²) in [4.78, 5) is -0.954. The fourth-order valence-electron chi connectivity index (χ4n) is 1.72. The minimum absolute atomic E-state index is 0.166. The van der Waals surface area contributed by atoms with Gasteiger partial charge in [0.2, 0.25) is 10.0 Å². The van der Waals surface area contributed by atoms with Crippen LogP contribution in [0.3, 0.4) is 0 Å². The minimum atomic E-state index is -4.33. The molecule has 0 fully saturated rings. The Balaban J connectivity index is 2.25. The molecule has 0 heterocycles. The molecule has 0 saturated carbocycles. The van der Waals surface area contributed by atoms with E-state index in [0.717, 1.165) is 5.56 Å². The molecule has 22 heavy (non-hydrogen) atoms. The molecule has 3 nitrogen and oxygen atoms in total. The Morgan fingerprint density at radius 2 is 1.77 bits per heavy atom. The van der Waals surface area contributed by atoms with E-state index in [9.17, 15) is 21.6 Å². The highest BCUT2D eigenvalue weighted by atomic mass is 35.5. The second-order valence-corrected chi connectivity index (χ2v) is 6.72. The van der Waals surface area contributed by atoms with E-state index in [2.05, 4.69) is 4.72 Å². The second-order valence-electron chi connectivity index (χ2n) is 4.58. The van der Waals surface area contributed by atoms with Crippen LogP contribution in [0.5, 0.6) is 0 Å². The zero-order chi connectivity index (χ0) is 16.5. The quantitative estimate of drug-likeness (QED) is 0.858. The van der Waals surface area contributed by atoms with Gasteiger partial charge in [0.1, 0.15) is 4.90 Å². The van der Waals surface area contributed by atoms with Gasteiger partial charge in [-0.05, 0) is 36.2 Å². The number of hydrogen-bond acceptors (Lipinski definition) is 2. The van der Waals surface area contributed by atoms with Crippen molar-refractivity contribution in [3.8, 4) is 0 Å². The summed E-state index contributed by atoms with van der Waals surface area (Å²) in [5.74, 6) is -5.04. The predicted octanol–water partition coefficient (Wildman–Crippen LogP) is 3.54. The lowest BCUT2D eigenvalue weighted by molar-refractivity contribution is 0.431. The van der Waals surface area contributed by atoms with E-state index in [4.69, 9.17) is 11.6 Å². The molecule has 0 radical (unpaired) electrons. The van der Waals surface area contributed by atoms with E-state index in [1.165, 1.54) is 0 Å². The first-order valence-corrected chi connectivity index (χ1v) is 7.96. The van der Waals surface area contributed by atoms with Gasteiger partial charge in [-0.1, -0.05) is 23.7 Å². The van der Waals surface area contributed by atoms with Crippen LogP contribution in [0.4, 0.5) is 13.2 Å². The maximum absolute atomic E-state index is 13.5. The van der Waals surface area contributed by atoms with Gasteiger partial charge in [0.25, 0.3) is 0 Å². The van der Waals surface area contributed by atoms with E-state index in [1.54, 1.807) is 25.1 Å². The van der Waals surface area contributed by atoms with Crippen molar-refractivity contribution in [1.82, 2.24) is 4.72 Å². The number of rotatable bonds is 4. The first-order valence-electron chi connectivity index (χ1n) is 6.10. The highest BCUT2D eigenvalue weighted by Gasteiger charge is 2.23.